The van der Waals surface area contributed by atoms with E-state index in [9.17, 15) is 27.2 Å². The molecule has 1 aliphatic rings. The highest BCUT2D eigenvalue weighted by Gasteiger charge is 2.35. The summed E-state index contributed by atoms with van der Waals surface area (Å²) in [4.78, 5) is 35.2. The first-order valence-corrected chi connectivity index (χ1v) is 9.98. The molecule has 0 saturated carbocycles. The zero-order valence-corrected chi connectivity index (χ0v) is 17.6. The molecule has 0 saturated heterocycles. The van der Waals surface area contributed by atoms with Gasteiger partial charge in [0, 0.05) is 23.1 Å². The zero-order valence-electron chi connectivity index (χ0n) is 17.6. The number of benzene rings is 1. The van der Waals surface area contributed by atoms with Crippen LogP contribution < -0.4 is 10.2 Å². The maximum Gasteiger partial charge on any atom is 0.266 e. The van der Waals surface area contributed by atoms with Gasteiger partial charge in [0.2, 0.25) is 17.8 Å². The number of carbonyl (C=O) groups excluding carboxylic acids is 2. The summed E-state index contributed by atoms with van der Waals surface area (Å²) in [6.07, 6.45) is -1.51. The minimum Gasteiger partial charge on any atom is -0.324 e. The van der Waals surface area contributed by atoms with Crippen LogP contribution in [0.4, 0.5) is 28.9 Å². The summed E-state index contributed by atoms with van der Waals surface area (Å²) >= 11 is 0. The van der Waals surface area contributed by atoms with E-state index in [1.807, 2.05) is 0 Å². The SMILES string of the molecule is Cc1cc2c(c(F)n1)-c1cccnc1[C@@H](C)C(=O)N2CC(=O)Nc1ccc(C(F)F)c(F)c1. The molecule has 3 heterocycles. The van der Waals surface area contributed by atoms with Crippen molar-refractivity contribution in [2.24, 2.45) is 0 Å². The van der Waals surface area contributed by atoms with Gasteiger partial charge in [-0.05, 0) is 44.2 Å². The molecule has 1 atom stereocenters. The highest BCUT2D eigenvalue weighted by molar-refractivity contribution is 6.09. The Morgan fingerprint density at radius 2 is 1.97 bits per heavy atom. The van der Waals surface area contributed by atoms with E-state index in [4.69, 9.17) is 0 Å². The van der Waals surface area contributed by atoms with Gasteiger partial charge in [0.15, 0.2) is 0 Å². The largest absolute Gasteiger partial charge is 0.324 e. The van der Waals surface area contributed by atoms with Crippen molar-refractivity contribution in [2.45, 2.75) is 26.2 Å². The number of carbonyl (C=O) groups is 2. The molecule has 33 heavy (non-hydrogen) atoms. The van der Waals surface area contributed by atoms with Crippen LogP contribution in [0.1, 0.15) is 36.2 Å². The highest BCUT2D eigenvalue weighted by Crippen LogP contribution is 2.41. The third kappa shape index (κ3) is 4.15. The highest BCUT2D eigenvalue weighted by atomic mass is 19.3. The van der Waals surface area contributed by atoms with Gasteiger partial charge in [-0.25, -0.2) is 18.2 Å². The molecule has 2 aromatic heterocycles. The Morgan fingerprint density at radius 3 is 2.67 bits per heavy atom. The van der Waals surface area contributed by atoms with Gasteiger partial charge in [-0.1, -0.05) is 6.07 Å². The lowest BCUT2D eigenvalue weighted by molar-refractivity contribution is -0.122. The Labute approximate surface area is 186 Å². The maximum atomic E-state index is 15.0. The molecule has 2 amide bonds. The van der Waals surface area contributed by atoms with Crippen molar-refractivity contribution >= 4 is 23.2 Å². The molecule has 0 radical (unpaired) electrons. The fraction of sp³-hybridized carbons (Fsp3) is 0.217. The Bertz CT molecular complexity index is 1270. The molecule has 6 nitrogen and oxygen atoms in total. The molecule has 4 rings (SSSR count). The number of pyridine rings is 2. The number of nitrogens with one attached hydrogen (secondary N) is 1. The Morgan fingerprint density at radius 1 is 1.21 bits per heavy atom. The van der Waals surface area contributed by atoms with E-state index in [0.717, 1.165) is 23.1 Å². The molecule has 1 N–H and O–H groups in total. The second-order valence-corrected chi connectivity index (χ2v) is 7.62. The van der Waals surface area contributed by atoms with Crippen molar-refractivity contribution in [1.29, 1.82) is 0 Å². The normalized spacial score (nSPS) is 15.2. The number of hydrogen-bond acceptors (Lipinski definition) is 4. The number of hydrogen-bond donors (Lipinski definition) is 1. The summed E-state index contributed by atoms with van der Waals surface area (Å²) in [7, 11) is 0. The van der Waals surface area contributed by atoms with Crippen LogP contribution in [-0.4, -0.2) is 28.3 Å². The first-order chi connectivity index (χ1) is 15.7. The minimum atomic E-state index is -3.00. The van der Waals surface area contributed by atoms with Crippen molar-refractivity contribution < 1.29 is 27.2 Å². The minimum absolute atomic E-state index is 0.0431. The molecule has 10 heteroatoms. The van der Waals surface area contributed by atoms with Crippen LogP contribution in [0, 0.1) is 18.7 Å². The molecule has 0 aliphatic carbocycles. The number of halogens is 4. The average molecular weight is 458 g/mol. The van der Waals surface area contributed by atoms with Crippen LogP contribution in [0.5, 0.6) is 0 Å². The van der Waals surface area contributed by atoms with Crippen LogP contribution in [0.2, 0.25) is 0 Å². The Balaban J connectivity index is 1.70. The molecule has 0 fully saturated rings. The lowest BCUT2D eigenvalue weighted by atomic mass is 9.98. The van der Waals surface area contributed by atoms with E-state index in [0.29, 0.717) is 17.0 Å². The number of nitrogens with zero attached hydrogens (tertiary/aromatic N) is 3. The van der Waals surface area contributed by atoms with E-state index >= 15 is 0 Å². The van der Waals surface area contributed by atoms with E-state index in [-0.39, 0.29) is 16.9 Å². The summed E-state index contributed by atoms with van der Waals surface area (Å²) in [6.45, 7) is 2.63. The first kappa shape index (κ1) is 22.4. The van der Waals surface area contributed by atoms with Gasteiger partial charge in [0.25, 0.3) is 6.43 Å². The quantitative estimate of drug-likeness (QED) is 0.452. The topological polar surface area (TPSA) is 75.2 Å². The molecular formula is C23H18F4N4O2. The van der Waals surface area contributed by atoms with Crippen molar-refractivity contribution in [3.05, 3.63) is 71.3 Å². The predicted molar refractivity (Wildman–Crippen MR) is 113 cm³/mol. The van der Waals surface area contributed by atoms with Crippen molar-refractivity contribution in [2.75, 3.05) is 16.8 Å². The van der Waals surface area contributed by atoms with Crippen molar-refractivity contribution in [1.82, 2.24) is 9.97 Å². The van der Waals surface area contributed by atoms with Crippen LogP contribution in [0.15, 0.2) is 42.6 Å². The number of anilines is 2. The van der Waals surface area contributed by atoms with Gasteiger partial charge in [-0.2, -0.15) is 4.39 Å². The fourth-order valence-electron chi connectivity index (χ4n) is 3.81. The zero-order chi connectivity index (χ0) is 23.9. The summed E-state index contributed by atoms with van der Waals surface area (Å²) in [5.74, 6) is -3.98. The van der Waals surface area contributed by atoms with Gasteiger partial charge < -0.3 is 10.2 Å². The Hall–Kier alpha value is -3.82. The molecule has 1 aromatic carbocycles. The molecule has 1 aliphatic heterocycles. The number of aryl methyl sites for hydroxylation is 1. The van der Waals surface area contributed by atoms with Crippen LogP contribution in [-0.2, 0) is 9.59 Å². The lowest BCUT2D eigenvalue weighted by Crippen LogP contribution is -2.40. The van der Waals surface area contributed by atoms with Gasteiger partial charge in [-0.3, -0.25) is 14.6 Å². The van der Waals surface area contributed by atoms with E-state index < -0.39 is 48.0 Å². The first-order valence-electron chi connectivity index (χ1n) is 9.98. The summed E-state index contributed by atoms with van der Waals surface area (Å²) < 4.78 is 54.3. The summed E-state index contributed by atoms with van der Waals surface area (Å²) in [5, 5.41) is 2.39. The van der Waals surface area contributed by atoms with Crippen molar-refractivity contribution in [3.63, 3.8) is 0 Å². The molecule has 0 spiro atoms. The summed E-state index contributed by atoms with van der Waals surface area (Å²) in [5.41, 5.74) is 0.391. The molecule has 170 valence electrons. The van der Waals surface area contributed by atoms with E-state index in [1.54, 1.807) is 26.0 Å². The number of amides is 2. The van der Waals surface area contributed by atoms with Crippen LogP contribution >= 0.6 is 0 Å². The third-order valence-corrected chi connectivity index (χ3v) is 5.35. The number of aromatic nitrogens is 2. The molecule has 0 bridgehead atoms. The van der Waals surface area contributed by atoms with E-state index in [1.165, 1.54) is 12.3 Å². The van der Waals surface area contributed by atoms with Gasteiger partial charge in [-0.15, -0.1) is 0 Å². The number of rotatable bonds is 4. The van der Waals surface area contributed by atoms with Crippen LogP contribution in [0.25, 0.3) is 11.1 Å². The smallest absolute Gasteiger partial charge is 0.266 e. The molecule has 3 aromatic rings. The third-order valence-electron chi connectivity index (χ3n) is 5.35. The Kier molecular flexibility index (Phi) is 5.84. The second-order valence-electron chi connectivity index (χ2n) is 7.62. The molecular weight excluding hydrogens is 440 g/mol. The van der Waals surface area contributed by atoms with Gasteiger partial charge >= 0.3 is 0 Å². The van der Waals surface area contributed by atoms with Crippen molar-refractivity contribution in [3.8, 4) is 11.1 Å². The standard InChI is InChI=1S/C23H18F4N4O2/c1-11-8-17-19(22(27)29-11)15-4-3-7-28-20(15)12(2)23(33)31(17)10-18(32)30-13-5-6-14(21(25)26)16(24)9-13/h3-9,12,21H,10H2,1-2H3,(H,30,32)/t12-/m1/s1. The maximum absolute atomic E-state index is 15.0. The number of alkyl halides is 2. The van der Waals surface area contributed by atoms with Gasteiger partial charge in [0.05, 0.1) is 28.4 Å². The fourth-order valence-corrected chi connectivity index (χ4v) is 3.81. The summed E-state index contributed by atoms with van der Waals surface area (Å²) in [6, 6.07) is 7.51. The average Bonchev–Trinajstić information content (AvgIpc) is 2.83. The lowest BCUT2D eigenvalue weighted by Gasteiger charge is -2.24. The van der Waals surface area contributed by atoms with E-state index in [2.05, 4.69) is 15.3 Å². The monoisotopic (exact) mass is 458 g/mol. The predicted octanol–water partition coefficient (Wildman–Crippen LogP) is 4.76. The van der Waals surface area contributed by atoms with Crippen LogP contribution in [0.3, 0.4) is 0 Å². The van der Waals surface area contributed by atoms with Gasteiger partial charge in [0.1, 0.15) is 12.4 Å². The second kappa shape index (κ2) is 8.61. The number of fused-ring (bicyclic) bond motifs is 3. The molecule has 0 unspecified atom stereocenters.